The van der Waals surface area contributed by atoms with Crippen LogP contribution >= 0.6 is 11.3 Å². The number of nitro groups is 1. The maximum Gasteiger partial charge on any atom is 0.270 e. The van der Waals surface area contributed by atoms with Gasteiger partial charge in [0.2, 0.25) is 0 Å². The number of carbonyl (C=O) groups excluding carboxylic acids is 1. The van der Waals surface area contributed by atoms with Crippen molar-refractivity contribution in [2.75, 3.05) is 0 Å². The molecule has 0 aliphatic rings. The van der Waals surface area contributed by atoms with E-state index in [2.05, 4.69) is 4.98 Å². The maximum atomic E-state index is 10.7. The van der Waals surface area contributed by atoms with Gasteiger partial charge in [0.15, 0.2) is 11.3 Å². The van der Waals surface area contributed by atoms with Crippen LogP contribution in [0, 0.1) is 17.0 Å². The molecule has 6 heteroatoms. The molecule has 0 saturated carbocycles. The summed E-state index contributed by atoms with van der Waals surface area (Å²) in [6.45, 7) is 1.83. The van der Waals surface area contributed by atoms with E-state index in [1.54, 1.807) is 12.1 Å². The van der Waals surface area contributed by atoms with Gasteiger partial charge in [-0.15, -0.1) is 11.3 Å². The summed E-state index contributed by atoms with van der Waals surface area (Å²) in [6.07, 6.45) is 0.679. The molecule has 2 aromatic rings. The second-order valence-corrected chi connectivity index (χ2v) is 4.62. The first kappa shape index (κ1) is 11.4. The fourth-order valence-electron chi connectivity index (χ4n) is 1.50. The average molecular weight is 248 g/mol. The Bertz CT molecular complexity index is 592. The van der Waals surface area contributed by atoms with Gasteiger partial charge < -0.3 is 0 Å². The van der Waals surface area contributed by atoms with Gasteiger partial charge in [-0.3, -0.25) is 14.9 Å². The number of aromatic nitrogens is 1. The number of aryl methyl sites for hydroxylation is 1. The first-order valence-corrected chi connectivity index (χ1v) is 5.61. The van der Waals surface area contributed by atoms with E-state index in [9.17, 15) is 14.9 Å². The van der Waals surface area contributed by atoms with E-state index in [-0.39, 0.29) is 5.69 Å². The summed E-state index contributed by atoms with van der Waals surface area (Å²) >= 11 is 1.27. The van der Waals surface area contributed by atoms with Crippen molar-refractivity contribution < 1.29 is 9.72 Å². The number of aldehydes is 1. The second kappa shape index (κ2) is 4.42. The van der Waals surface area contributed by atoms with E-state index in [0.717, 1.165) is 4.88 Å². The number of hydrogen-bond donors (Lipinski definition) is 0. The molecule has 0 atom stereocenters. The number of benzene rings is 1. The third-order valence-corrected chi connectivity index (χ3v) is 3.14. The van der Waals surface area contributed by atoms with Crippen LogP contribution in [0.4, 0.5) is 5.69 Å². The summed E-state index contributed by atoms with van der Waals surface area (Å²) in [7, 11) is 0. The van der Waals surface area contributed by atoms with Gasteiger partial charge in [-0.2, -0.15) is 0 Å². The summed E-state index contributed by atoms with van der Waals surface area (Å²) in [6, 6.07) is 6.22. The van der Waals surface area contributed by atoms with Gasteiger partial charge in [0.25, 0.3) is 5.69 Å². The van der Waals surface area contributed by atoms with Gasteiger partial charge in [-0.25, -0.2) is 4.98 Å². The zero-order chi connectivity index (χ0) is 12.4. The Morgan fingerprint density at radius 1 is 1.47 bits per heavy atom. The first-order valence-electron chi connectivity index (χ1n) is 4.79. The number of thiazole rings is 1. The Morgan fingerprint density at radius 3 is 2.82 bits per heavy atom. The second-order valence-electron chi connectivity index (χ2n) is 3.38. The lowest BCUT2D eigenvalue weighted by Gasteiger charge is -1.98. The SMILES string of the molecule is Cc1sc(C=O)nc1-c1cccc([N+](=O)[O-])c1. The van der Waals surface area contributed by atoms with Gasteiger partial charge in [-0.05, 0) is 6.92 Å². The standard InChI is InChI=1S/C11H8N2O3S/c1-7-11(12-10(6-14)17-7)8-3-2-4-9(5-8)13(15)16/h2-6H,1H3. The molecule has 0 amide bonds. The lowest BCUT2D eigenvalue weighted by atomic mass is 10.1. The van der Waals surface area contributed by atoms with Crippen molar-refractivity contribution in [3.05, 3.63) is 44.3 Å². The van der Waals surface area contributed by atoms with Crippen molar-refractivity contribution in [2.24, 2.45) is 0 Å². The monoisotopic (exact) mass is 248 g/mol. The molecule has 17 heavy (non-hydrogen) atoms. The summed E-state index contributed by atoms with van der Waals surface area (Å²) in [5.41, 5.74) is 1.30. The molecule has 0 N–H and O–H groups in total. The predicted octanol–water partition coefficient (Wildman–Crippen LogP) is 2.84. The molecule has 2 rings (SSSR count). The largest absolute Gasteiger partial charge is 0.295 e. The Hall–Kier alpha value is -2.08. The van der Waals surface area contributed by atoms with Crippen LogP contribution in [0.2, 0.25) is 0 Å². The molecule has 5 nitrogen and oxygen atoms in total. The van der Waals surface area contributed by atoms with Crippen LogP contribution in [-0.4, -0.2) is 16.2 Å². The van der Waals surface area contributed by atoms with Gasteiger partial charge in [0, 0.05) is 22.6 Å². The number of non-ortho nitro benzene ring substituents is 1. The minimum atomic E-state index is -0.453. The first-order chi connectivity index (χ1) is 8.11. The molecule has 1 heterocycles. The van der Waals surface area contributed by atoms with Crippen LogP contribution in [0.3, 0.4) is 0 Å². The summed E-state index contributed by atoms with van der Waals surface area (Å²) in [5, 5.41) is 11.0. The van der Waals surface area contributed by atoms with Crippen molar-refractivity contribution >= 4 is 23.3 Å². The normalized spacial score (nSPS) is 10.2. The Kier molecular flexibility index (Phi) is 2.97. The molecule has 0 saturated heterocycles. The van der Waals surface area contributed by atoms with Crippen LogP contribution in [0.25, 0.3) is 11.3 Å². The van der Waals surface area contributed by atoms with Crippen molar-refractivity contribution in [1.29, 1.82) is 0 Å². The van der Waals surface area contributed by atoms with E-state index in [1.807, 2.05) is 6.92 Å². The summed E-state index contributed by atoms with van der Waals surface area (Å²) in [4.78, 5) is 25.8. The van der Waals surface area contributed by atoms with E-state index in [0.29, 0.717) is 22.6 Å². The van der Waals surface area contributed by atoms with Crippen LogP contribution in [0.5, 0.6) is 0 Å². The molecule has 0 radical (unpaired) electrons. The highest BCUT2D eigenvalue weighted by Crippen LogP contribution is 2.28. The average Bonchev–Trinajstić information content (AvgIpc) is 2.71. The molecule has 0 aliphatic carbocycles. The van der Waals surface area contributed by atoms with Crippen LogP contribution in [0.1, 0.15) is 14.7 Å². The molecule has 1 aromatic carbocycles. The Morgan fingerprint density at radius 2 is 2.24 bits per heavy atom. The molecule has 0 spiro atoms. The zero-order valence-electron chi connectivity index (χ0n) is 8.91. The number of nitrogens with zero attached hydrogens (tertiary/aromatic N) is 2. The predicted molar refractivity (Wildman–Crippen MR) is 64.3 cm³/mol. The number of carbonyl (C=O) groups is 1. The summed E-state index contributed by atoms with van der Waals surface area (Å²) in [5.74, 6) is 0. The van der Waals surface area contributed by atoms with Gasteiger partial charge in [-0.1, -0.05) is 12.1 Å². The smallest absolute Gasteiger partial charge is 0.270 e. The highest BCUT2D eigenvalue weighted by molar-refractivity contribution is 7.13. The highest BCUT2D eigenvalue weighted by atomic mass is 32.1. The third-order valence-electron chi connectivity index (χ3n) is 2.24. The molecule has 86 valence electrons. The van der Waals surface area contributed by atoms with Crippen molar-refractivity contribution in [1.82, 2.24) is 4.98 Å². The van der Waals surface area contributed by atoms with Gasteiger partial charge >= 0.3 is 0 Å². The summed E-state index contributed by atoms with van der Waals surface area (Å²) < 4.78 is 0. The van der Waals surface area contributed by atoms with Crippen molar-refractivity contribution in [3.8, 4) is 11.3 Å². The molecule has 0 fully saturated rings. The van der Waals surface area contributed by atoms with Gasteiger partial charge in [0.05, 0.1) is 10.6 Å². The number of hydrogen-bond acceptors (Lipinski definition) is 5. The molecule has 0 aliphatic heterocycles. The number of nitro benzene ring substituents is 1. The van der Waals surface area contributed by atoms with E-state index < -0.39 is 4.92 Å². The minimum Gasteiger partial charge on any atom is -0.295 e. The highest BCUT2D eigenvalue weighted by Gasteiger charge is 2.12. The van der Waals surface area contributed by atoms with Crippen LogP contribution in [0.15, 0.2) is 24.3 Å². The third kappa shape index (κ3) is 2.21. The van der Waals surface area contributed by atoms with E-state index in [4.69, 9.17) is 0 Å². The van der Waals surface area contributed by atoms with Crippen molar-refractivity contribution in [3.63, 3.8) is 0 Å². The maximum absolute atomic E-state index is 10.7. The minimum absolute atomic E-state index is 0.0163. The fraction of sp³-hybridized carbons (Fsp3) is 0.0909. The number of rotatable bonds is 3. The zero-order valence-corrected chi connectivity index (χ0v) is 9.73. The lowest BCUT2D eigenvalue weighted by molar-refractivity contribution is -0.384. The van der Waals surface area contributed by atoms with E-state index >= 15 is 0 Å². The lowest BCUT2D eigenvalue weighted by Crippen LogP contribution is -1.89. The van der Waals surface area contributed by atoms with E-state index in [1.165, 1.54) is 23.5 Å². The fourth-order valence-corrected chi connectivity index (χ4v) is 2.26. The molecule has 0 unspecified atom stereocenters. The van der Waals surface area contributed by atoms with Crippen molar-refractivity contribution in [2.45, 2.75) is 6.92 Å². The molecular weight excluding hydrogens is 240 g/mol. The molecule has 1 aromatic heterocycles. The quantitative estimate of drug-likeness (QED) is 0.475. The molecular formula is C11H8N2O3S. The Labute approximate surface area is 101 Å². The van der Waals surface area contributed by atoms with Crippen LogP contribution in [-0.2, 0) is 0 Å². The van der Waals surface area contributed by atoms with Gasteiger partial charge in [0.1, 0.15) is 0 Å². The molecule has 0 bridgehead atoms. The van der Waals surface area contributed by atoms with Crippen LogP contribution < -0.4 is 0 Å². The Balaban J connectivity index is 2.52. The topological polar surface area (TPSA) is 73.1 Å².